The minimum absolute atomic E-state index is 0.0377. The average molecular weight is 517 g/mol. The second-order valence-electron chi connectivity index (χ2n) is 7.51. The van der Waals surface area contributed by atoms with Gasteiger partial charge in [0.2, 0.25) is 11.5 Å². The first kappa shape index (κ1) is 22.8. The number of carbonyl (C=O) groups excluding carboxylic acids is 2. The van der Waals surface area contributed by atoms with Crippen molar-refractivity contribution in [1.29, 1.82) is 0 Å². The van der Waals surface area contributed by atoms with Gasteiger partial charge in [0.1, 0.15) is 24.2 Å². The van der Waals surface area contributed by atoms with E-state index in [1.165, 1.54) is 23.8 Å². The maximum atomic E-state index is 13.0. The number of nitrogens with one attached hydrogen (secondary N) is 1. The molecular formula is C20H18N7O6S2+. The van der Waals surface area contributed by atoms with Crippen molar-refractivity contribution < 1.29 is 33.3 Å². The van der Waals surface area contributed by atoms with Gasteiger partial charge in [0.05, 0.1) is 11.6 Å². The number of nitrogens with two attached hydrogens (primary N) is 1. The Labute approximate surface area is 205 Å². The summed E-state index contributed by atoms with van der Waals surface area (Å²) in [6.07, 6.45) is 3.34. The first-order valence-electron chi connectivity index (χ1n) is 10.2. The third kappa shape index (κ3) is 3.97. The Balaban J connectivity index is 1.38. The van der Waals surface area contributed by atoms with Gasteiger partial charge < -0.3 is 25.4 Å². The lowest BCUT2D eigenvalue weighted by molar-refractivity contribution is -0.669. The minimum Gasteiger partial charge on any atom is -0.477 e. The molecule has 0 aromatic carbocycles. The van der Waals surface area contributed by atoms with Crippen LogP contribution in [0.2, 0.25) is 0 Å². The number of furan rings is 1. The number of hydrogen-bond acceptors (Lipinski definition) is 11. The SMILES string of the molecule is CON=C(C(=O)NC1C(=O)N2C(C(=O)O)=C(C[n+]3cccc4ccoc43)CS[C@@H]12)c1nsc(N)n1. The van der Waals surface area contributed by atoms with E-state index in [2.05, 4.69) is 19.8 Å². The zero-order valence-electron chi connectivity index (χ0n) is 18.1. The van der Waals surface area contributed by atoms with E-state index in [0.29, 0.717) is 17.0 Å². The second kappa shape index (κ2) is 8.99. The van der Waals surface area contributed by atoms with E-state index in [0.717, 1.165) is 16.9 Å². The van der Waals surface area contributed by atoms with Crippen LogP contribution in [0.15, 0.2) is 51.5 Å². The van der Waals surface area contributed by atoms with Crippen LogP contribution in [0.4, 0.5) is 5.13 Å². The predicted molar refractivity (Wildman–Crippen MR) is 124 cm³/mol. The summed E-state index contributed by atoms with van der Waals surface area (Å²) in [6, 6.07) is 4.58. The van der Waals surface area contributed by atoms with Gasteiger partial charge in [0, 0.05) is 28.9 Å². The highest BCUT2D eigenvalue weighted by molar-refractivity contribution is 8.00. The van der Waals surface area contributed by atoms with Crippen molar-refractivity contribution in [3.05, 3.63) is 47.8 Å². The van der Waals surface area contributed by atoms with E-state index in [1.54, 1.807) is 17.0 Å². The Hall–Kier alpha value is -3.98. The van der Waals surface area contributed by atoms with Crippen LogP contribution in [0.25, 0.3) is 11.1 Å². The van der Waals surface area contributed by atoms with E-state index in [9.17, 15) is 19.5 Å². The zero-order chi connectivity index (χ0) is 24.7. The molecule has 3 aromatic rings. The number of oxime groups is 1. The number of hydrogen-bond donors (Lipinski definition) is 3. The fraction of sp³-hybridized carbons (Fsp3) is 0.250. The smallest absolute Gasteiger partial charge is 0.380 e. The molecule has 1 fully saturated rings. The van der Waals surface area contributed by atoms with Crippen LogP contribution < -0.4 is 15.6 Å². The number of nitrogen functional groups attached to an aromatic ring is 1. The molecule has 1 saturated heterocycles. The number of carboxylic acids is 1. The molecule has 180 valence electrons. The normalized spacial score (nSPS) is 20.0. The predicted octanol–water partition coefficient (Wildman–Crippen LogP) is -0.0567. The van der Waals surface area contributed by atoms with Crippen LogP contribution in [0.1, 0.15) is 5.82 Å². The summed E-state index contributed by atoms with van der Waals surface area (Å²) >= 11 is 2.23. The molecule has 0 radical (unpaired) electrons. The van der Waals surface area contributed by atoms with Gasteiger partial charge in [-0.3, -0.25) is 14.5 Å². The lowest BCUT2D eigenvalue weighted by Gasteiger charge is -2.49. The van der Waals surface area contributed by atoms with Crippen molar-refractivity contribution in [1.82, 2.24) is 19.6 Å². The second-order valence-corrected chi connectivity index (χ2v) is 9.40. The highest BCUT2D eigenvalue weighted by Crippen LogP contribution is 2.40. The Bertz CT molecular complexity index is 1410. The van der Waals surface area contributed by atoms with Crippen molar-refractivity contribution in [2.75, 3.05) is 18.6 Å². The van der Waals surface area contributed by atoms with Crippen LogP contribution in [-0.4, -0.2) is 67.1 Å². The molecule has 0 bridgehead atoms. The molecule has 0 saturated carbocycles. The van der Waals surface area contributed by atoms with E-state index >= 15 is 0 Å². The number of thioether (sulfide) groups is 1. The molecule has 15 heteroatoms. The molecule has 13 nitrogen and oxygen atoms in total. The highest BCUT2D eigenvalue weighted by Gasteiger charge is 2.55. The van der Waals surface area contributed by atoms with Gasteiger partial charge in [0.15, 0.2) is 17.9 Å². The number of aromatic nitrogens is 3. The van der Waals surface area contributed by atoms with Gasteiger partial charge in [-0.1, -0.05) is 5.16 Å². The first-order valence-corrected chi connectivity index (χ1v) is 12.0. The number of anilines is 1. The van der Waals surface area contributed by atoms with Crippen LogP contribution in [0, 0.1) is 0 Å². The van der Waals surface area contributed by atoms with Gasteiger partial charge in [-0.05, 0) is 12.1 Å². The van der Waals surface area contributed by atoms with Gasteiger partial charge in [0.25, 0.3) is 11.8 Å². The fourth-order valence-corrected chi connectivity index (χ4v) is 5.71. The number of fused-ring (bicyclic) bond motifs is 2. The number of rotatable bonds is 7. The lowest BCUT2D eigenvalue weighted by atomic mass is 10.0. The van der Waals surface area contributed by atoms with Crippen molar-refractivity contribution in [2.24, 2.45) is 5.16 Å². The largest absolute Gasteiger partial charge is 0.477 e. The number of amides is 2. The molecule has 3 aromatic heterocycles. The molecule has 1 unspecified atom stereocenters. The highest BCUT2D eigenvalue weighted by atomic mass is 32.2. The van der Waals surface area contributed by atoms with Gasteiger partial charge in [-0.25, -0.2) is 4.79 Å². The number of carbonyl (C=O) groups is 3. The standard InChI is InChI=1S/C20H17N7O6S2/c1-32-24-11(14-23-20(21)35-25-14)15(28)22-12-16(29)27-13(19(30)31)10(8-34-18(12)27)7-26-5-2-3-9-4-6-33-17(9)26/h2-6,12,18H,7-8H2,1H3,(H3-,21,22,23,25,28,30,31)/p+1/t12?,18-/m0/s1. The average Bonchev–Trinajstić information content (AvgIpc) is 3.49. The summed E-state index contributed by atoms with van der Waals surface area (Å²) in [5.74, 6) is -2.21. The van der Waals surface area contributed by atoms with Crippen LogP contribution in [-0.2, 0) is 25.8 Å². The summed E-state index contributed by atoms with van der Waals surface area (Å²) in [5, 5.41) is 16.6. The van der Waals surface area contributed by atoms with Gasteiger partial charge in [-0.2, -0.15) is 13.9 Å². The molecule has 2 aliphatic heterocycles. The van der Waals surface area contributed by atoms with Crippen molar-refractivity contribution >= 4 is 63.0 Å². The number of aliphatic carboxylic acids is 1. The summed E-state index contributed by atoms with van der Waals surface area (Å²) in [6.45, 7) is 0.231. The third-order valence-corrected chi connectivity index (χ3v) is 7.31. The van der Waals surface area contributed by atoms with Crippen LogP contribution in [0.3, 0.4) is 0 Å². The topological polar surface area (TPSA) is 177 Å². The number of pyridine rings is 1. The van der Waals surface area contributed by atoms with Crippen molar-refractivity contribution in [3.63, 3.8) is 0 Å². The monoisotopic (exact) mass is 516 g/mol. The van der Waals surface area contributed by atoms with Crippen LogP contribution >= 0.6 is 23.3 Å². The molecule has 0 spiro atoms. The number of carboxylic acid groups (broad SMARTS) is 1. The molecule has 5 heterocycles. The maximum Gasteiger partial charge on any atom is 0.380 e. The van der Waals surface area contributed by atoms with Gasteiger partial charge >= 0.3 is 11.7 Å². The summed E-state index contributed by atoms with van der Waals surface area (Å²) in [4.78, 5) is 47.8. The number of nitrogens with zero attached hydrogens (tertiary/aromatic N) is 5. The molecule has 2 aliphatic rings. The van der Waals surface area contributed by atoms with E-state index in [-0.39, 0.29) is 28.9 Å². The first-order chi connectivity index (χ1) is 16.9. The molecule has 4 N–H and O–H groups in total. The molecule has 35 heavy (non-hydrogen) atoms. The summed E-state index contributed by atoms with van der Waals surface area (Å²) in [5.41, 5.74) is 6.39. The maximum absolute atomic E-state index is 13.0. The Morgan fingerprint density at radius 2 is 2.29 bits per heavy atom. The Morgan fingerprint density at radius 3 is 3.00 bits per heavy atom. The minimum atomic E-state index is -1.22. The van der Waals surface area contributed by atoms with E-state index in [4.69, 9.17) is 15.0 Å². The van der Waals surface area contributed by atoms with E-state index < -0.39 is 29.2 Å². The number of β-lactam (4-membered cyclic amide) rings is 1. The molecule has 0 aliphatic carbocycles. The van der Waals surface area contributed by atoms with Gasteiger partial charge in [-0.15, -0.1) is 11.8 Å². The Morgan fingerprint density at radius 1 is 1.46 bits per heavy atom. The van der Waals surface area contributed by atoms with E-state index in [1.807, 2.05) is 18.2 Å². The summed E-state index contributed by atoms with van der Waals surface area (Å²) in [7, 11) is 1.25. The third-order valence-electron chi connectivity index (χ3n) is 5.43. The molecule has 2 atom stereocenters. The van der Waals surface area contributed by atoms with Crippen molar-refractivity contribution in [2.45, 2.75) is 18.0 Å². The molecular weight excluding hydrogens is 498 g/mol. The lowest BCUT2D eigenvalue weighted by Crippen LogP contribution is -2.71. The molecule has 2 amide bonds. The zero-order valence-corrected chi connectivity index (χ0v) is 19.7. The summed E-state index contributed by atoms with van der Waals surface area (Å²) < 4.78 is 11.3. The molecule has 5 rings (SSSR count). The van der Waals surface area contributed by atoms with Crippen molar-refractivity contribution in [3.8, 4) is 0 Å². The quantitative estimate of drug-likeness (QED) is 0.167. The van der Waals surface area contributed by atoms with Crippen LogP contribution in [0.5, 0.6) is 0 Å². The fourth-order valence-electron chi connectivity index (χ4n) is 3.94. The Kier molecular flexibility index (Phi) is 5.86.